The fraction of sp³-hybridized carbons (Fsp3) is 0.562. The number of nitrogens with zero attached hydrogens (tertiary/aromatic N) is 3. The number of aromatic nitrogens is 2. The summed E-state index contributed by atoms with van der Waals surface area (Å²) < 4.78 is 26.6. The number of nitro groups is 1. The lowest BCUT2D eigenvalue weighted by molar-refractivity contribution is -0.389. The van der Waals surface area contributed by atoms with Crippen LogP contribution in [0, 0.1) is 10.1 Å². The average molecular weight is 429 g/mol. The van der Waals surface area contributed by atoms with Gasteiger partial charge in [-0.3, -0.25) is 19.0 Å². The van der Waals surface area contributed by atoms with Crippen molar-refractivity contribution in [2.45, 2.75) is 45.3 Å². The molecule has 1 fully saturated rings. The van der Waals surface area contributed by atoms with E-state index >= 15 is 0 Å². The standard InChI is InChI=1S/C16H19N3O11/c1-7(20)28-10-5-27-15(13(30-9(3)22)12(10)29-8(2)21)18-6-17-14(19(24)25)11(18)16(23)26-4/h6,10,12-13,15H,5H2,1-4H3/t10-,12-,13-,15+/m1/s1. The van der Waals surface area contributed by atoms with E-state index in [2.05, 4.69) is 9.72 Å². The largest absolute Gasteiger partial charge is 0.464 e. The highest BCUT2D eigenvalue weighted by Gasteiger charge is 2.49. The molecule has 0 aromatic carbocycles. The lowest BCUT2D eigenvalue weighted by Gasteiger charge is -2.40. The molecule has 4 atom stereocenters. The van der Waals surface area contributed by atoms with E-state index in [0.29, 0.717) is 0 Å². The molecule has 14 nitrogen and oxygen atoms in total. The number of carbonyl (C=O) groups excluding carboxylic acids is 4. The van der Waals surface area contributed by atoms with E-state index in [0.717, 1.165) is 38.8 Å². The highest BCUT2D eigenvalue weighted by Crippen LogP contribution is 2.33. The van der Waals surface area contributed by atoms with E-state index in [1.807, 2.05) is 0 Å². The summed E-state index contributed by atoms with van der Waals surface area (Å²) in [5.41, 5.74) is -0.586. The van der Waals surface area contributed by atoms with E-state index in [9.17, 15) is 29.3 Å². The quantitative estimate of drug-likeness (QED) is 0.254. The lowest BCUT2D eigenvalue weighted by atomic mass is 10.0. The molecule has 0 amide bonds. The molecular formula is C16H19N3O11. The normalized spacial score (nSPS) is 23.2. The maximum Gasteiger partial charge on any atom is 0.396 e. The van der Waals surface area contributed by atoms with Gasteiger partial charge in [-0.2, -0.15) is 0 Å². The second kappa shape index (κ2) is 9.30. The first-order chi connectivity index (χ1) is 14.1. The molecule has 2 heterocycles. The Hall–Kier alpha value is -3.55. The van der Waals surface area contributed by atoms with Crippen molar-refractivity contribution in [3.63, 3.8) is 0 Å². The van der Waals surface area contributed by atoms with Crippen molar-refractivity contribution in [1.82, 2.24) is 9.55 Å². The van der Waals surface area contributed by atoms with Crippen molar-refractivity contribution >= 4 is 29.7 Å². The number of esters is 4. The van der Waals surface area contributed by atoms with Crippen molar-refractivity contribution in [2.24, 2.45) is 0 Å². The van der Waals surface area contributed by atoms with Crippen LogP contribution >= 0.6 is 0 Å². The van der Waals surface area contributed by atoms with E-state index in [1.54, 1.807) is 0 Å². The van der Waals surface area contributed by atoms with Crippen LogP contribution in [0.5, 0.6) is 0 Å². The number of ether oxygens (including phenoxy) is 5. The van der Waals surface area contributed by atoms with Gasteiger partial charge in [0.1, 0.15) is 0 Å². The van der Waals surface area contributed by atoms with Crippen LogP contribution in [-0.4, -0.2) is 70.4 Å². The predicted octanol–water partition coefficient (Wildman–Crippen LogP) is -0.0982. The summed E-state index contributed by atoms with van der Waals surface area (Å²) in [4.78, 5) is 60.8. The van der Waals surface area contributed by atoms with E-state index in [-0.39, 0.29) is 6.61 Å². The Balaban J connectivity index is 2.57. The molecule has 0 radical (unpaired) electrons. The lowest BCUT2D eigenvalue weighted by Crippen LogP contribution is -2.55. The van der Waals surface area contributed by atoms with Gasteiger partial charge in [-0.1, -0.05) is 0 Å². The van der Waals surface area contributed by atoms with Crippen LogP contribution in [0.1, 0.15) is 37.5 Å². The molecule has 0 N–H and O–H groups in total. The summed E-state index contributed by atoms with van der Waals surface area (Å²) >= 11 is 0. The molecule has 1 aliphatic rings. The fourth-order valence-electron chi connectivity index (χ4n) is 2.93. The third-order valence-electron chi connectivity index (χ3n) is 3.92. The molecule has 0 spiro atoms. The van der Waals surface area contributed by atoms with Gasteiger partial charge in [0.2, 0.25) is 12.0 Å². The first kappa shape index (κ1) is 22.7. The molecule has 30 heavy (non-hydrogen) atoms. The summed E-state index contributed by atoms with van der Waals surface area (Å²) in [5.74, 6) is -4.23. The van der Waals surface area contributed by atoms with E-state index in [1.165, 1.54) is 0 Å². The monoisotopic (exact) mass is 429 g/mol. The van der Waals surface area contributed by atoms with Crippen molar-refractivity contribution in [3.05, 3.63) is 22.1 Å². The number of rotatable bonds is 6. The third kappa shape index (κ3) is 4.89. The van der Waals surface area contributed by atoms with Crippen molar-refractivity contribution < 1.29 is 47.8 Å². The number of hydrogen-bond donors (Lipinski definition) is 0. The smallest absolute Gasteiger partial charge is 0.396 e. The van der Waals surface area contributed by atoms with Crippen LogP contribution in [0.25, 0.3) is 0 Å². The van der Waals surface area contributed by atoms with Crippen LogP contribution in [0.3, 0.4) is 0 Å². The first-order valence-corrected chi connectivity index (χ1v) is 8.49. The first-order valence-electron chi connectivity index (χ1n) is 8.49. The van der Waals surface area contributed by atoms with Gasteiger partial charge in [0, 0.05) is 20.8 Å². The minimum atomic E-state index is -1.44. The van der Waals surface area contributed by atoms with Gasteiger partial charge in [-0.15, -0.1) is 0 Å². The highest BCUT2D eigenvalue weighted by molar-refractivity contribution is 5.91. The number of carbonyl (C=O) groups is 4. The molecule has 1 aromatic heterocycles. The molecule has 1 aliphatic heterocycles. The summed E-state index contributed by atoms with van der Waals surface area (Å²) in [6.45, 7) is 2.93. The van der Waals surface area contributed by atoms with Crippen molar-refractivity contribution in [1.29, 1.82) is 0 Å². The SMILES string of the molecule is COC(=O)c1c([N+](=O)[O-])ncn1[C@H]1OC[C@@H](OC(C)=O)[C@@H](OC(C)=O)[C@H]1OC(C)=O. The molecule has 0 unspecified atom stereocenters. The number of methoxy groups -OCH3 is 1. The highest BCUT2D eigenvalue weighted by atomic mass is 16.7. The summed E-state index contributed by atoms with van der Waals surface area (Å²) in [6.07, 6.45) is -4.39. The van der Waals surface area contributed by atoms with Crippen LogP contribution in [0.15, 0.2) is 6.33 Å². The molecule has 1 saturated heterocycles. The molecule has 14 heteroatoms. The molecule has 164 valence electrons. The van der Waals surface area contributed by atoms with Gasteiger partial charge >= 0.3 is 29.7 Å². The minimum Gasteiger partial charge on any atom is -0.464 e. The molecule has 2 rings (SSSR count). The van der Waals surface area contributed by atoms with E-state index < -0.39 is 64.9 Å². The van der Waals surface area contributed by atoms with Crippen molar-refractivity contribution in [2.75, 3.05) is 13.7 Å². The summed E-state index contributed by atoms with van der Waals surface area (Å²) in [5, 5.41) is 11.2. The maximum absolute atomic E-state index is 12.2. The Morgan fingerprint density at radius 3 is 2.17 bits per heavy atom. The zero-order valence-electron chi connectivity index (χ0n) is 16.4. The summed E-state index contributed by atoms with van der Waals surface area (Å²) in [7, 11) is 1.01. The van der Waals surface area contributed by atoms with E-state index in [4.69, 9.17) is 18.9 Å². The van der Waals surface area contributed by atoms with Gasteiger partial charge < -0.3 is 33.8 Å². The summed E-state index contributed by atoms with van der Waals surface area (Å²) in [6, 6.07) is 0. The van der Waals surface area contributed by atoms with Gasteiger partial charge in [0.05, 0.1) is 13.7 Å². The third-order valence-corrected chi connectivity index (χ3v) is 3.92. The van der Waals surface area contributed by atoms with Crippen molar-refractivity contribution in [3.8, 4) is 0 Å². The topological polar surface area (TPSA) is 175 Å². The fourth-order valence-corrected chi connectivity index (χ4v) is 2.93. The Morgan fingerprint density at radius 1 is 1.10 bits per heavy atom. The van der Waals surface area contributed by atoms with Gasteiger partial charge in [0.25, 0.3) is 0 Å². The number of imidazole rings is 1. The molecule has 0 bridgehead atoms. The second-order valence-corrected chi connectivity index (χ2v) is 6.09. The molecule has 0 saturated carbocycles. The van der Waals surface area contributed by atoms with Gasteiger partial charge in [-0.05, 0) is 9.91 Å². The Labute approximate surface area is 169 Å². The van der Waals surface area contributed by atoms with Gasteiger partial charge in [0.15, 0.2) is 24.5 Å². The molecule has 1 aromatic rings. The Kier molecular flexibility index (Phi) is 7.05. The van der Waals surface area contributed by atoms with Crippen LogP contribution in [-0.2, 0) is 38.1 Å². The maximum atomic E-state index is 12.2. The zero-order chi connectivity index (χ0) is 22.6. The minimum absolute atomic E-state index is 0.341. The predicted molar refractivity (Wildman–Crippen MR) is 91.9 cm³/mol. The molecule has 0 aliphatic carbocycles. The van der Waals surface area contributed by atoms with Gasteiger partial charge in [-0.25, -0.2) is 4.79 Å². The second-order valence-electron chi connectivity index (χ2n) is 6.09. The Bertz CT molecular complexity index is 865. The zero-order valence-corrected chi connectivity index (χ0v) is 16.4. The van der Waals surface area contributed by atoms with Crippen LogP contribution in [0.4, 0.5) is 5.82 Å². The van der Waals surface area contributed by atoms with Crippen LogP contribution in [0.2, 0.25) is 0 Å². The molecular weight excluding hydrogens is 410 g/mol. The van der Waals surface area contributed by atoms with Crippen LogP contribution < -0.4 is 0 Å². The number of hydrogen-bond acceptors (Lipinski definition) is 12. The Morgan fingerprint density at radius 2 is 1.67 bits per heavy atom. The average Bonchev–Trinajstić information content (AvgIpc) is 3.07.